The second-order valence-corrected chi connectivity index (χ2v) is 8.02. The molecule has 0 unspecified atom stereocenters. The van der Waals surface area contributed by atoms with Gasteiger partial charge in [0.15, 0.2) is 22.9 Å². The maximum atomic E-state index is 13.6. The molecule has 0 bridgehead atoms. The molecule has 2 aromatic carbocycles. The Morgan fingerprint density at radius 3 is 2.42 bits per heavy atom. The van der Waals surface area contributed by atoms with E-state index in [-0.39, 0.29) is 11.5 Å². The Morgan fingerprint density at radius 1 is 1.03 bits per heavy atom. The van der Waals surface area contributed by atoms with Crippen LogP contribution >= 0.6 is 0 Å². The fourth-order valence-corrected chi connectivity index (χ4v) is 4.25. The summed E-state index contributed by atoms with van der Waals surface area (Å²) < 4.78 is 17.7. The maximum absolute atomic E-state index is 13.6. The molecule has 2 aromatic heterocycles. The van der Waals surface area contributed by atoms with E-state index in [0.29, 0.717) is 70.8 Å². The van der Waals surface area contributed by atoms with Gasteiger partial charge in [0, 0.05) is 37.8 Å². The van der Waals surface area contributed by atoms with Crippen LogP contribution in [0.15, 0.2) is 45.8 Å². The van der Waals surface area contributed by atoms with Crippen LogP contribution in [0.3, 0.4) is 0 Å². The lowest BCUT2D eigenvalue weighted by molar-refractivity contribution is 0.0737. The van der Waals surface area contributed by atoms with Crippen molar-refractivity contribution < 1.29 is 18.8 Å². The van der Waals surface area contributed by atoms with E-state index in [0.717, 1.165) is 5.56 Å². The van der Waals surface area contributed by atoms with Crippen molar-refractivity contribution in [1.82, 2.24) is 19.9 Å². The number of aryl methyl sites for hydroxylation is 1. The first-order valence-electron chi connectivity index (χ1n) is 10.7. The Kier molecular flexibility index (Phi) is 5.26. The van der Waals surface area contributed by atoms with E-state index >= 15 is 0 Å². The molecule has 5 rings (SSSR count). The number of carbonyl (C=O) groups excluding carboxylic acids is 1. The zero-order chi connectivity index (χ0) is 23.1. The predicted molar refractivity (Wildman–Crippen MR) is 124 cm³/mol. The number of fused-ring (bicyclic) bond motifs is 2. The molecular weight excluding hydrogens is 424 g/mol. The van der Waals surface area contributed by atoms with Crippen LogP contribution in [0.25, 0.3) is 27.6 Å². The van der Waals surface area contributed by atoms with Gasteiger partial charge in [0.1, 0.15) is 0 Å². The minimum atomic E-state index is -0.334. The Hall–Kier alpha value is -3.85. The van der Waals surface area contributed by atoms with E-state index in [1.54, 1.807) is 23.2 Å². The van der Waals surface area contributed by atoms with Crippen LogP contribution in [0.1, 0.15) is 15.9 Å². The topological polar surface area (TPSA) is 98.8 Å². The zero-order valence-corrected chi connectivity index (χ0v) is 18.7. The lowest BCUT2D eigenvalue weighted by Gasteiger charge is -2.28. The van der Waals surface area contributed by atoms with E-state index < -0.39 is 0 Å². The third-order valence-electron chi connectivity index (χ3n) is 5.99. The number of amides is 1. The van der Waals surface area contributed by atoms with Crippen LogP contribution < -0.4 is 20.3 Å². The highest BCUT2D eigenvalue weighted by atomic mass is 16.5. The van der Waals surface area contributed by atoms with E-state index in [4.69, 9.17) is 14.0 Å². The minimum absolute atomic E-state index is 0.161. The Bertz CT molecular complexity index is 1430. The molecule has 1 N–H and O–H groups in total. The number of nitrogens with one attached hydrogen (secondary N) is 1. The highest BCUT2D eigenvalue weighted by Gasteiger charge is 2.25. The first kappa shape index (κ1) is 21.0. The summed E-state index contributed by atoms with van der Waals surface area (Å²) in [5.74, 6) is 1.02. The fraction of sp³-hybridized carbons (Fsp3) is 0.292. The summed E-state index contributed by atoms with van der Waals surface area (Å²) in [4.78, 5) is 29.0. The number of rotatable bonds is 4. The summed E-state index contributed by atoms with van der Waals surface area (Å²) in [7, 11) is 3.03. The highest BCUT2D eigenvalue weighted by molar-refractivity contribution is 6.07. The molecule has 0 radical (unpaired) electrons. The zero-order valence-electron chi connectivity index (χ0n) is 18.7. The monoisotopic (exact) mass is 448 g/mol. The molecular formula is C24H24N4O5. The molecule has 1 amide bonds. The van der Waals surface area contributed by atoms with Crippen LogP contribution in [0, 0.1) is 6.92 Å². The number of ether oxygens (including phenoxy) is 2. The van der Waals surface area contributed by atoms with Gasteiger partial charge in [-0.15, -0.1) is 0 Å². The quantitative estimate of drug-likeness (QED) is 0.512. The van der Waals surface area contributed by atoms with Crippen LogP contribution in [0.5, 0.6) is 11.5 Å². The van der Waals surface area contributed by atoms with Crippen LogP contribution in [0.4, 0.5) is 0 Å². The van der Waals surface area contributed by atoms with E-state index in [1.165, 1.54) is 18.8 Å². The van der Waals surface area contributed by atoms with Crippen molar-refractivity contribution in [3.05, 3.63) is 58.0 Å². The molecule has 1 saturated heterocycles. The summed E-state index contributed by atoms with van der Waals surface area (Å²) in [6, 6.07) is 8.92. The molecule has 9 heteroatoms. The van der Waals surface area contributed by atoms with Crippen LogP contribution in [-0.4, -0.2) is 60.9 Å². The van der Waals surface area contributed by atoms with Crippen molar-refractivity contribution in [3.8, 4) is 17.3 Å². The van der Waals surface area contributed by atoms with E-state index in [1.807, 2.05) is 25.1 Å². The molecule has 33 heavy (non-hydrogen) atoms. The number of benzene rings is 2. The molecule has 0 spiro atoms. The second-order valence-electron chi connectivity index (χ2n) is 8.02. The highest BCUT2D eigenvalue weighted by Crippen LogP contribution is 2.33. The third-order valence-corrected chi connectivity index (χ3v) is 5.99. The SMILES string of the molecule is COc1cc2c(C(=O)N3CCNCC3)cn(-c3noc4ccc(C)cc34)c(=O)c2cc1OC. The Balaban J connectivity index is 1.81. The van der Waals surface area contributed by atoms with Crippen molar-refractivity contribution in [3.63, 3.8) is 0 Å². The Morgan fingerprint density at radius 2 is 1.73 bits per heavy atom. The summed E-state index contributed by atoms with van der Waals surface area (Å²) >= 11 is 0. The molecule has 4 aromatic rings. The van der Waals surface area contributed by atoms with Gasteiger partial charge in [-0.2, -0.15) is 0 Å². The largest absolute Gasteiger partial charge is 0.493 e. The first-order chi connectivity index (χ1) is 16.0. The molecule has 1 fully saturated rings. The van der Waals surface area contributed by atoms with Gasteiger partial charge in [-0.3, -0.25) is 14.2 Å². The molecule has 3 heterocycles. The predicted octanol–water partition coefficient (Wildman–Crippen LogP) is 2.50. The van der Waals surface area contributed by atoms with Crippen molar-refractivity contribution in [1.29, 1.82) is 0 Å². The van der Waals surface area contributed by atoms with Gasteiger partial charge in [-0.05, 0) is 31.2 Å². The third kappa shape index (κ3) is 3.50. The maximum Gasteiger partial charge on any atom is 0.264 e. The standard InChI is InChI=1S/C24H24N4O5/c1-14-4-5-19-17(10-14)22(26-33-19)28-13-18(23(29)27-8-6-25-7-9-27)15-11-20(31-2)21(32-3)12-16(15)24(28)30/h4-5,10-13,25H,6-9H2,1-3H3. The number of carbonyl (C=O) groups is 1. The van der Waals surface area contributed by atoms with Crippen molar-refractivity contribution >= 4 is 27.6 Å². The van der Waals surface area contributed by atoms with Crippen molar-refractivity contribution in [2.24, 2.45) is 0 Å². The normalized spacial score (nSPS) is 14.1. The van der Waals surface area contributed by atoms with Crippen LogP contribution in [-0.2, 0) is 0 Å². The summed E-state index contributed by atoms with van der Waals surface area (Å²) in [6.45, 7) is 4.55. The molecule has 0 aliphatic carbocycles. The smallest absolute Gasteiger partial charge is 0.264 e. The lowest BCUT2D eigenvalue weighted by Crippen LogP contribution is -2.46. The average molecular weight is 448 g/mol. The van der Waals surface area contributed by atoms with Gasteiger partial charge in [0.05, 0.1) is 30.6 Å². The first-order valence-corrected chi connectivity index (χ1v) is 10.7. The number of aromatic nitrogens is 2. The van der Waals surface area contributed by atoms with Gasteiger partial charge < -0.3 is 24.2 Å². The van der Waals surface area contributed by atoms with Gasteiger partial charge >= 0.3 is 0 Å². The van der Waals surface area contributed by atoms with Crippen LogP contribution in [0.2, 0.25) is 0 Å². The molecule has 0 atom stereocenters. The van der Waals surface area contributed by atoms with Crippen molar-refractivity contribution in [2.45, 2.75) is 6.92 Å². The Labute approximate surface area is 189 Å². The van der Waals surface area contributed by atoms with E-state index in [9.17, 15) is 9.59 Å². The van der Waals surface area contributed by atoms with Gasteiger partial charge in [0.25, 0.3) is 11.5 Å². The number of pyridine rings is 1. The second kappa shape index (κ2) is 8.25. The summed E-state index contributed by atoms with van der Waals surface area (Å²) in [5, 5.41) is 8.94. The molecule has 1 aliphatic rings. The number of nitrogens with zero attached hydrogens (tertiary/aromatic N) is 3. The number of hydrogen-bond donors (Lipinski definition) is 1. The average Bonchev–Trinajstić information content (AvgIpc) is 3.26. The molecule has 9 nitrogen and oxygen atoms in total. The molecule has 0 saturated carbocycles. The summed E-state index contributed by atoms with van der Waals surface area (Å²) in [5.41, 5.74) is 1.62. The van der Waals surface area contributed by atoms with Gasteiger partial charge in [0.2, 0.25) is 0 Å². The molecule has 170 valence electrons. The van der Waals surface area contributed by atoms with Crippen molar-refractivity contribution in [2.75, 3.05) is 40.4 Å². The van der Waals surface area contributed by atoms with Gasteiger partial charge in [-0.25, -0.2) is 0 Å². The minimum Gasteiger partial charge on any atom is -0.493 e. The lowest BCUT2D eigenvalue weighted by atomic mass is 10.0. The molecule has 1 aliphatic heterocycles. The number of piperazine rings is 1. The fourth-order valence-electron chi connectivity index (χ4n) is 4.25. The summed E-state index contributed by atoms with van der Waals surface area (Å²) in [6.07, 6.45) is 1.56. The number of hydrogen-bond acceptors (Lipinski definition) is 7. The van der Waals surface area contributed by atoms with E-state index in [2.05, 4.69) is 10.5 Å². The van der Waals surface area contributed by atoms with Gasteiger partial charge in [-0.1, -0.05) is 16.8 Å². The number of methoxy groups -OCH3 is 2.